The van der Waals surface area contributed by atoms with E-state index in [1.807, 2.05) is 0 Å². The van der Waals surface area contributed by atoms with E-state index in [4.69, 9.17) is 14.2 Å². The van der Waals surface area contributed by atoms with Crippen molar-refractivity contribution in [2.24, 2.45) is 0 Å². The van der Waals surface area contributed by atoms with Gasteiger partial charge in [0.2, 0.25) is 0 Å². The molecule has 2 aliphatic heterocycles. The molecular weight excluding hydrogens is 272 g/mol. The van der Waals surface area contributed by atoms with Crippen molar-refractivity contribution >= 4 is 11.8 Å². The Bertz CT molecular complexity index is 514. The van der Waals surface area contributed by atoms with Crippen LogP contribution in [0.3, 0.4) is 0 Å². The van der Waals surface area contributed by atoms with Gasteiger partial charge in [-0.25, -0.2) is 9.78 Å². The molecule has 3 rings (SSSR count). The fourth-order valence-corrected chi connectivity index (χ4v) is 2.92. The van der Waals surface area contributed by atoms with E-state index in [-0.39, 0.29) is 5.97 Å². The van der Waals surface area contributed by atoms with Crippen molar-refractivity contribution in [1.82, 2.24) is 4.98 Å². The Morgan fingerprint density at radius 2 is 2.29 bits per heavy atom. The predicted molar refractivity (Wildman–Crippen MR) is 76.3 cm³/mol. The summed E-state index contributed by atoms with van der Waals surface area (Å²) in [4.78, 5) is 18.5. The van der Waals surface area contributed by atoms with Gasteiger partial charge in [-0.3, -0.25) is 0 Å². The van der Waals surface area contributed by atoms with Crippen LogP contribution in [-0.2, 0) is 14.2 Å². The number of rotatable bonds is 3. The largest absolute Gasteiger partial charge is 0.462 e. The highest BCUT2D eigenvalue weighted by Crippen LogP contribution is 2.33. The first-order chi connectivity index (χ1) is 10.2. The maximum atomic E-state index is 12.1. The van der Waals surface area contributed by atoms with E-state index in [1.54, 1.807) is 25.3 Å². The number of pyridine rings is 1. The molecule has 0 saturated carbocycles. The zero-order chi connectivity index (χ0) is 14.7. The van der Waals surface area contributed by atoms with Crippen LogP contribution in [-0.4, -0.2) is 49.7 Å². The predicted octanol–water partition coefficient (Wildman–Crippen LogP) is 1.60. The first-order valence-electron chi connectivity index (χ1n) is 7.39. The van der Waals surface area contributed by atoms with Crippen molar-refractivity contribution in [2.75, 3.05) is 37.8 Å². The highest BCUT2D eigenvalue weighted by atomic mass is 16.7. The van der Waals surface area contributed by atoms with Gasteiger partial charge < -0.3 is 19.1 Å². The van der Waals surface area contributed by atoms with Gasteiger partial charge in [-0.05, 0) is 25.5 Å². The smallest absolute Gasteiger partial charge is 0.341 e. The van der Waals surface area contributed by atoms with E-state index >= 15 is 0 Å². The highest BCUT2D eigenvalue weighted by Gasteiger charge is 2.41. The number of carbonyl (C=O) groups excluding carboxylic acids is 1. The third-order valence-corrected chi connectivity index (χ3v) is 3.81. The molecule has 0 bridgehead atoms. The average molecular weight is 292 g/mol. The quantitative estimate of drug-likeness (QED) is 0.789. The fraction of sp³-hybridized carbons (Fsp3) is 0.600. The number of anilines is 1. The zero-order valence-electron chi connectivity index (χ0n) is 12.2. The molecule has 2 fully saturated rings. The monoisotopic (exact) mass is 292 g/mol. The van der Waals surface area contributed by atoms with Crippen molar-refractivity contribution in [2.45, 2.75) is 25.6 Å². The molecule has 21 heavy (non-hydrogen) atoms. The molecule has 1 aromatic rings. The summed E-state index contributed by atoms with van der Waals surface area (Å²) in [6.45, 7) is 4.82. The lowest BCUT2D eigenvalue weighted by Gasteiger charge is -2.39. The second-order valence-electron chi connectivity index (χ2n) is 5.23. The fourth-order valence-electron chi connectivity index (χ4n) is 2.92. The van der Waals surface area contributed by atoms with Crippen LogP contribution in [0.1, 0.15) is 30.1 Å². The lowest BCUT2D eigenvalue weighted by Crippen LogP contribution is -2.49. The Labute approximate surface area is 124 Å². The van der Waals surface area contributed by atoms with Gasteiger partial charge in [-0.15, -0.1) is 0 Å². The number of hydrogen-bond acceptors (Lipinski definition) is 6. The summed E-state index contributed by atoms with van der Waals surface area (Å²) >= 11 is 0. The van der Waals surface area contributed by atoms with E-state index in [2.05, 4.69) is 9.88 Å². The molecule has 0 atom stereocenters. The van der Waals surface area contributed by atoms with Crippen molar-refractivity contribution in [3.05, 3.63) is 23.9 Å². The van der Waals surface area contributed by atoms with Gasteiger partial charge in [-0.2, -0.15) is 0 Å². The normalized spacial score (nSPS) is 20.7. The molecule has 3 heterocycles. The first kappa shape index (κ1) is 14.3. The Balaban J connectivity index is 1.84. The molecule has 114 valence electrons. The van der Waals surface area contributed by atoms with E-state index < -0.39 is 5.79 Å². The van der Waals surface area contributed by atoms with Crippen molar-refractivity contribution in [1.29, 1.82) is 0 Å². The first-order valence-corrected chi connectivity index (χ1v) is 7.39. The summed E-state index contributed by atoms with van der Waals surface area (Å²) in [6.07, 6.45) is 3.51. The molecule has 2 saturated heterocycles. The molecule has 0 unspecified atom stereocenters. The molecule has 0 amide bonds. The van der Waals surface area contributed by atoms with Gasteiger partial charge in [0.25, 0.3) is 0 Å². The minimum atomic E-state index is -0.540. The molecule has 0 aliphatic carbocycles. The maximum Gasteiger partial charge on any atom is 0.341 e. The third kappa shape index (κ3) is 2.87. The second-order valence-corrected chi connectivity index (χ2v) is 5.23. The minimum Gasteiger partial charge on any atom is -0.462 e. The van der Waals surface area contributed by atoms with Gasteiger partial charge in [0.05, 0.1) is 26.4 Å². The number of hydrogen-bond donors (Lipinski definition) is 0. The number of piperidine rings is 1. The molecule has 1 aromatic heterocycles. The molecule has 0 N–H and O–H groups in total. The van der Waals surface area contributed by atoms with Crippen LogP contribution in [0.2, 0.25) is 0 Å². The van der Waals surface area contributed by atoms with Crippen molar-refractivity contribution < 1.29 is 19.0 Å². The van der Waals surface area contributed by atoms with Gasteiger partial charge in [0.15, 0.2) is 5.79 Å². The Morgan fingerprint density at radius 3 is 3.05 bits per heavy atom. The summed E-state index contributed by atoms with van der Waals surface area (Å²) in [5, 5.41) is 0. The Kier molecular flexibility index (Phi) is 4.07. The molecular formula is C15H20N2O4. The van der Waals surface area contributed by atoms with Gasteiger partial charge in [-0.1, -0.05) is 0 Å². The summed E-state index contributed by atoms with van der Waals surface area (Å²) in [5.74, 6) is -0.232. The van der Waals surface area contributed by atoms with Crippen LogP contribution >= 0.6 is 0 Å². The Hall–Kier alpha value is -1.66. The number of esters is 1. The summed E-state index contributed by atoms with van der Waals surface area (Å²) in [5.41, 5.74) is 0.495. The van der Waals surface area contributed by atoms with Crippen molar-refractivity contribution in [3.63, 3.8) is 0 Å². The van der Waals surface area contributed by atoms with Crippen LogP contribution in [0.15, 0.2) is 18.3 Å². The standard InChI is InChI=1S/C15H20N2O4/c1-2-19-14(18)12-5-3-7-16-13(12)17-8-4-6-15(11-17)20-9-10-21-15/h3,5,7H,2,4,6,8-11H2,1H3. The molecule has 6 heteroatoms. The lowest BCUT2D eigenvalue weighted by molar-refractivity contribution is -0.161. The van der Waals surface area contributed by atoms with E-state index in [1.165, 1.54) is 0 Å². The number of ether oxygens (including phenoxy) is 3. The molecule has 0 aromatic carbocycles. The SMILES string of the molecule is CCOC(=O)c1cccnc1N1CCCC2(C1)OCCO2. The minimum absolute atomic E-state index is 0.339. The topological polar surface area (TPSA) is 60.9 Å². The van der Waals surface area contributed by atoms with Gasteiger partial charge in [0, 0.05) is 19.2 Å². The third-order valence-electron chi connectivity index (χ3n) is 3.81. The number of aromatic nitrogens is 1. The zero-order valence-corrected chi connectivity index (χ0v) is 12.2. The summed E-state index contributed by atoms with van der Waals surface area (Å²) in [6, 6.07) is 3.50. The molecule has 0 radical (unpaired) electrons. The van der Waals surface area contributed by atoms with Crippen LogP contribution in [0.25, 0.3) is 0 Å². The van der Waals surface area contributed by atoms with E-state index in [0.29, 0.717) is 37.7 Å². The summed E-state index contributed by atoms with van der Waals surface area (Å²) in [7, 11) is 0. The maximum absolute atomic E-state index is 12.1. The van der Waals surface area contributed by atoms with E-state index in [0.717, 1.165) is 19.4 Å². The highest BCUT2D eigenvalue weighted by molar-refractivity contribution is 5.94. The van der Waals surface area contributed by atoms with Gasteiger partial charge in [0.1, 0.15) is 11.4 Å². The van der Waals surface area contributed by atoms with Crippen LogP contribution in [0.4, 0.5) is 5.82 Å². The Morgan fingerprint density at radius 1 is 1.48 bits per heavy atom. The van der Waals surface area contributed by atoms with Crippen LogP contribution in [0, 0.1) is 0 Å². The average Bonchev–Trinajstić information content (AvgIpc) is 2.95. The van der Waals surface area contributed by atoms with Crippen molar-refractivity contribution in [3.8, 4) is 0 Å². The summed E-state index contributed by atoms with van der Waals surface area (Å²) < 4.78 is 16.7. The van der Waals surface area contributed by atoms with Crippen LogP contribution in [0.5, 0.6) is 0 Å². The second kappa shape index (κ2) is 5.99. The van der Waals surface area contributed by atoms with E-state index in [9.17, 15) is 4.79 Å². The lowest BCUT2D eigenvalue weighted by atomic mass is 10.0. The van der Waals surface area contributed by atoms with Crippen LogP contribution < -0.4 is 4.90 Å². The van der Waals surface area contributed by atoms with Gasteiger partial charge >= 0.3 is 5.97 Å². The number of nitrogens with zero attached hydrogens (tertiary/aromatic N) is 2. The molecule has 2 aliphatic rings. The molecule has 6 nitrogen and oxygen atoms in total. The number of carbonyl (C=O) groups is 1. The molecule has 1 spiro atoms.